The molecule has 0 fully saturated rings. The van der Waals surface area contributed by atoms with Gasteiger partial charge in [0.05, 0.1) is 11.0 Å². The third-order valence-corrected chi connectivity index (χ3v) is 3.33. The molecule has 0 aliphatic heterocycles. The maximum Gasteiger partial charge on any atom is 0.141 e. The van der Waals surface area contributed by atoms with Gasteiger partial charge >= 0.3 is 0 Å². The lowest BCUT2D eigenvalue weighted by atomic mass is 10.2. The van der Waals surface area contributed by atoms with E-state index in [4.69, 9.17) is 5.73 Å². The molecule has 3 aromatic rings. The average molecular weight is 269 g/mol. The minimum atomic E-state index is -0.237. The summed E-state index contributed by atoms with van der Waals surface area (Å²) in [5, 5.41) is 0. The number of halogens is 1. The summed E-state index contributed by atoms with van der Waals surface area (Å²) in [4.78, 5) is 4.63. The van der Waals surface area contributed by atoms with E-state index in [2.05, 4.69) is 16.5 Å². The fourth-order valence-electron chi connectivity index (χ4n) is 2.40. The van der Waals surface area contributed by atoms with Crippen LogP contribution in [0.15, 0.2) is 42.5 Å². The lowest BCUT2D eigenvalue weighted by molar-refractivity contribution is 0.627. The second-order valence-corrected chi connectivity index (χ2v) is 4.84. The SMILES string of the molecule is CCCn1c(-c2ccc(N)cc2)nc2ccc(F)cc21. The third kappa shape index (κ3) is 2.13. The molecule has 0 atom stereocenters. The van der Waals surface area contributed by atoms with Crippen LogP contribution < -0.4 is 5.73 Å². The summed E-state index contributed by atoms with van der Waals surface area (Å²) < 4.78 is 15.5. The van der Waals surface area contributed by atoms with Crippen LogP contribution >= 0.6 is 0 Å². The van der Waals surface area contributed by atoms with Gasteiger partial charge in [-0.1, -0.05) is 6.92 Å². The van der Waals surface area contributed by atoms with Crippen molar-refractivity contribution in [1.82, 2.24) is 9.55 Å². The fraction of sp³-hybridized carbons (Fsp3) is 0.188. The van der Waals surface area contributed by atoms with Crippen LogP contribution in [-0.2, 0) is 6.54 Å². The number of nitrogen functional groups attached to an aromatic ring is 1. The molecule has 0 bridgehead atoms. The Hall–Kier alpha value is -2.36. The van der Waals surface area contributed by atoms with Crippen molar-refractivity contribution in [2.75, 3.05) is 5.73 Å². The van der Waals surface area contributed by atoms with Gasteiger partial charge in [0.15, 0.2) is 0 Å². The van der Waals surface area contributed by atoms with E-state index in [0.29, 0.717) is 0 Å². The van der Waals surface area contributed by atoms with Gasteiger partial charge in [-0.05, 0) is 48.9 Å². The first kappa shape index (κ1) is 12.7. The van der Waals surface area contributed by atoms with Gasteiger partial charge in [-0.25, -0.2) is 9.37 Å². The molecule has 4 heteroatoms. The van der Waals surface area contributed by atoms with E-state index in [1.54, 1.807) is 12.1 Å². The van der Waals surface area contributed by atoms with E-state index >= 15 is 0 Å². The lowest BCUT2D eigenvalue weighted by Gasteiger charge is -2.08. The number of nitrogens with two attached hydrogens (primary N) is 1. The number of anilines is 1. The molecule has 0 saturated heterocycles. The zero-order valence-corrected chi connectivity index (χ0v) is 11.3. The molecule has 0 radical (unpaired) electrons. The van der Waals surface area contributed by atoms with Crippen LogP contribution in [-0.4, -0.2) is 9.55 Å². The highest BCUT2D eigenvalue weighted by Gasteiger charge is 2.12. The summed E-state index contributed by atoms with van der Waals surface area (Å²) in [6, 6.07) is 12.3. The molecule has 0 spiro atoms. The van der Waals surface area contributed by atoms with Gasteiger partial charge in [0, 0.05) is 17.8 Å². The van der Waals surface area contributed by atoms with Crippen LogP contribution in [0, 0.1) is 5.82 Å². The van der Waals surface area contributed by atoms with Gasteiger partial charge < -0.3 is 10.3 Å². The number of hydrogen-bond acceptors (Lipinski definition) is 2. The van der Waals surface area contributed by atoms with Crippen molar-refractivity contribution in [3.05, 3.63) is 48.3 Å². The number of imidazole rings is 1. The monoisotopic (exact) mass is 269 g/mol. The predicted molar refractivity (Wildman–Crippen MR) is 79.8 cm³/mol. The Kier molecular flexibility index (Phi) is 3.14. The molecule has 3 nitrogen and oxygen atoms in total. The number of aromatic nitrogens is 2. The first-order valence-electron chi connectivity index (χ1n) is 6.70. The number of aryl methyl sites for hydroxylation is 1. The molecule has 0 unspecified atom stereocenters. The zero-order chi connectivity index (χ0) is 14.1. The summed E-state index contributed by atoms with van der Waals surface area (Å²) in [6.45, 7) is 2.90. The van der Waals surface area contributed by atoms with Crippen molar-refractivity contribution in [1.29, 1.82) is 0 Å². The highest BCUT2D eigenvalue weighted by molar-refractivity contribution is 5.81. The average Bonchev–Trinajstić information content (AvgIpc) is 2.79. The molecule has 2 N–H and O–H groups in total. The smallest absolute Gasteiger partial charge is 0.141 e. The number of hydrogen-bond donors (Lipinski definition) is 1. The van der Waals surface area contributed by atoms with Gasteiger partial charge in [0.2, 0.25) is 0 Å². The quantitative estimate of drug-likeness (QED) is 0.734. The molecule has 3 rings (SSSR count). The Morgan fingerprint density at radius 2 is 1.90 bits per heavy atom. The van der Waals surface area contributed by atoms with Crippen LogP contribution in [0.3, 0.4) is 0 Å². The van der Waals surface area contributed by atoms with E-state index in [9.17, 15) is 4.39 Å². The number of rotatable bonds is 3. The van der Waals surface area contributed by atoms with E-state index in [-0.39, 0.29) is 5.82 Å². The molecular formula is C16H16FN3. The first-order valence-corrected chi connectivity index (χ1v) is 6.70. The maximum absolute atomic E-state index is 13.5. The minimum absolute atomic E-state index is 0.237. The van der Waals surface area contributed by atoms with E-state index in [0.717, 1.165) is 41.1 Å². The molecule has 2 aromatic carbocycles. The van der Waals surface area contributed by atoms with Crippen molar-refractivity contribution < 1.29 is 4.39 Å². The van der Waals surface area contributed by atoms with E-state index in [1.807, 2.05) is 24.3 Å². The molecule has 1 aromatic heterocycles. The van der Waals surface area contributed by atoms with Crippen molar-refractivity contribution in [3.8, 4) is 11.4 Å². The number of nitrogens with zero attached hydrogens (tertiary/aromatic N) is 2. The lowest BCUT2D eigenvalue weighted by Crippen LogP contribution is -2.00. The molecule has 1 heterocycles. The second kappa shape index (κ2) is 4.96. The van der Waals surface area contributed by atoms with Crippen molar-refractivity contribution >= 4 is 16.7 Å². The van der Waals surface area contributed by atoms with Gasteiger partial charge in [0.1, 0.15) is 11.6 Å². The minimum Gasteiger partial charge on any atom is -0.399 e. The van der Waals surface area contributed by atoms with Crippen LogP contribution in [0.1, 0.15) is 13.3 Å². The largest absolute Gasteiger partial charge is 0.399 e. The number of fused-ring (bicyclic) bond motifs is 1. The molecule has 0 saturated carbocycles. The summed E-state index contributed by atoms with van der Waals surface area (Å²) in [7, 11) is 0. The topological polar surface area (TPSA) is 43.8 Å². The van der Waals surface area contributed by atoms with Crippen molar-refractivity contribution in [3.63, 3.8) is 0 Å². The molecule has 20 heavy (non-hydrogen) atoms. The predicted octanol–water partition coefficient (Wildman–Crippen LogP) is 3.83. The van der Waals surface area contributed by atoms with Crippen LogP contribution in [0.2, 0.25) is 0 Å². The number of benzene rings is 2. The zero-order valence-electron chi connectivity index (χ0n) is 11.3. The Bertz CT molecular complexity index is 744. The van der Waals surface area contributed by atoms with Crippen molar-refractivity contribution in [2.45, 2.75) is 19.9 Å². The van der Waals surface area contributed by atoms with Crippen molar-refractivity contribution in [2.24, 2.45) is 0 Å². The molecule has 0 aliphatic rings. The Labute approximate surface area is 116 Å². The molecular weight excluding hydrogens is 253 g/mol. The summed E-state index contributed by atoms with van der Waals surface area (Å²) in [6.07, 6.45) is 0.962. The van der Waals surface area contributed by atoms with Crippen LogP contribution in [0.5, 0.6) is 0 Å². The van der Waals surface area contributed by atoms with Gasteiger partial charge in [0.25, 0.3) is 0 Å². The normalized spacial score (nSPS) is 11.1. The molecule has 102 valence electrons. The Balaban J connectivity index is 2.23. The van der Waals surface area contributed by atoms with Gasteiger partial charge in [-0.2, -0.15) is 0 Å². The first-order chi connectivity index (χ1) is 9.69. The summed E-state index contributed by atoms with van der Waals surface area (Å²) in [5.74, 6) is 0.617. The Morgan fingerprint density at radius 1 is 1.15 bits per heavy atom. The second-order valence-electron chi connectivity index (χ2n) is 4.84. The third-order valence-electron chi connectivity index (χ3n) is 3.33. The van der Waals surface area contributed by atoms with Gasteiger partial charge in [-0.15, -0.1) is 0 Å². The van der Waals surface area contributed by atoms with Crippen LogP contribution in [0.25, 0.3) is 22.4 Å². The van der Waals surface area contributed by atoms with E-state index < -0.39 is 0 Å². The molecule has 0 aliphatic carbocycles. The van der Waals surface area contributed by atoms with Gasteiger partial charge in [-0.3, -0.25) is 0 Å². The highest BCUT2D eigenvalue weighted by Crippen LogP contribution is 2.26. The maximum atomic E-state index is 13.5. The highest BCUT2D eigenvalue weighted by atomic mass is 19.1. The molecule has 0 amide bonds. The summed E-state index contributed by atoms with van der Waals surface area (Å²) in [5.41, 5.74) is 9.07. The van der Waals surface area contributed by atoms with Crippen LogP contribution in [0.4, 0.5) is 10.1 Å². The standard InChI is InChI=1S/C16H16FN3/c1-2-9-20-15-10-12(17)5-8-14(15)19-16(20)11-3-6-13(18)7-4-11/h3-8,10H,2,9,18H2,1H3. The summed E-state index contributed by atoms with van der Waals surface area (Å²) >= 11 is 0. The Morgan fingerprint density at radius 3 is 2.60 bits per heavy atom. The van der Waals surface area contributed by atoms with E-state index in [1.165, 1.54) is 6.07 Å². The fourth-order valence-corrected chi connectivity index (χ4v) is 2.40.